The van der Waals surface area contributed by atoms with Gasteiger partial charge in [0.25, 0.3) is 5.91 Å². The normalized spacial score (nSPS) is 11.6. The minimum absolute atomic E-state index is 0.0885. The van der Waals surface area contributed by atoms with Crippen LogP contribution >= 0.6 is 11.6 Å². The predicted molar refractivity (Wildman–Crippen MR) is 143 cm³/mol. The Kier molecular flexibility index (Phi) is 6.02. The van der Waals surface area contributed by atoms with Crippen molar-refractivity contribution in [3.8, 4) is 23.0 Å². The molecule has 0 unspecified atom stereocenters. The number of imidazole rings is 1. The van der Waals surface area contributed by atoms with Crippen molar-refractivity contribution in [2.75, 3.05) is 12.4 Å². The lowest BCUT2D eigenvalue weighted by molar-refractivity contribution is 0.102. The zero-order valence-corrected chi connectivity index (χ0v) is 21.2. The number of fused-ring (bicyclic) bond motifs is 1. The summed E-state index contributed by atoms with van der Waals surface area (Å²) in [6, 6.07) is 22.2. The van der Waals surface area contributed by atoms with E-state index in [-0.39, 0.29) is 11.3 Å². The van der Waals surface area contributed by atoms with Crippen LogP contribution in [0.15, 0.2) is 72.8 Å². The van der Waals surface area contributed by atoms with E-state index in [9.17, 15) is 4.79 Å². The van der Waals surface area contributed by atoms with Crippen molar-refractivity contribution in [3.63, 3.8) is 0 Å². The highest BCUT2D eigenvalue weighted by molar-refractivity contribution is 6.30. The molecule has 2 aromatic heterocycles. The summed E-state index contributed by atoms with van der Waals surface area (Å²) in [5.74, 6) is 1.94. The van der Waals surface area contributed by atoms with Gasteiger partial charge in [0.15, 0.2) is 5.82 Å². The van der Waals surface area contributed by atoms with Crippen LogP contribution < -0.4 is 10.1 Å². The van der Waals surface area contributed by atoms with Gasteiger partial charge in [-0.2, -0.15) is 5.10 Å². The monoisotopic (exact) mass is 499 g/mol. The highest BCUT2D eigenvalue weighted by atomic mass is 35.5. The van der Waals surface area contributed by atoms with Crippen LogP contribution in [0, 0.1) is 0 Å². The van der Waals surface area contributed by atoms with E-state index in [0.29, 0.717) is 27.6 Å². The fraction of sp³-hybridized carbons (Fsp3) is 0.179. The van der Waals surface area contributed by atoms with Crippen LogP contribution in [0.1, 0.15) is 36.8 Å². The summed E-state index contributed by atoms with van der Waals surface area (Å²) >= 11 is 6.13. The quantitative estimate of drug-likeness (QED) is 0.284. The van der Waals surface area contributed by atoms with Gasteiger partial charge in [-0.3, -0.25) is 14.5 Å². The van der Waals surface area contributed by atoms with Gasteiger partial charge >= 0.3 is 0 Å². The van der Waals surface area contributed by atoms with Crippen LogP contribution in [0.5, 0.6) is 5.75 Å². The van der Waals surface area contributed by atoms with Gasteiger partial charge in [-0.25, -0.2) is 4.98 Å². The molecule has 2 heterocycles. The molecule has 0 radical (unpaired) electrons. The summed E-state index contributed by atoms with van der Waals surface area (Å²) in [7, 11) is 1.60. The van der Waals surface area contributed by atoms with E-state index in [1.54, 1.807) is 43.5 Å². The third-order valence-corrected chi connectivity index (χ3v) is 6.22. The highest BCUT2D eigenvalue weighted by Crippen LogP contribution is 2.31. The zero-order chi connectivity index (χ0) is 25.4. The number of carbonyl (C=O) groups excluding carboxylic acids is 1. The lowest BCUT2D eigenvalue weighted by atomic mass is 9.92. The molecule has 0 atom stereocenters. The standard InChI is InChI=1S/C28H26ClN5O2/c1-28(2,3)24-16-25(33-32-24)34-23-14-7-18(27(35)30-20-10-12-21(36-4)13-11-20)15-22(23)31-26(34)17-5-8-19(29)9-6-17/h5-16H,1-4H3,(H,30,35)(H,32,33). The van der Waals surface area contributed by atoms with Gasteiger partial charge in [-0.15, -0.1) is 0 Å². The summed E-state index contributed by atoms with van der Waals surface area (Å²) < 4.78 is 7.18. The Hall–Kier alpha value is -4.10. The minimum atomic E-state index is -0.223. The van der Waals surface area contributed by atoms with E-state index >= 15 is 0 Å². The van der Waals surface area contributed by atoms with Crippen LogP contribution in [0.3, 0.4) is 0 Å². The van der Waals surface area contributed by atoms with Crippen LogP contribution in [0.2, 0.25) is 5.02 Å². The third kappa shape index (κ3) is 4.57. The van der Waals surface area contributed by atoms with E-state index in [1.807, 2.05) is 41.0 Å². The molecule has 1 amide bonds. The molecule has 5 aromatic rings. The fourth-order valence-electron chi connectivity index (χ4n) is 3.93. The number of nitrogens with zero attached hydrogens (tertiary/aromatic N) is 3. The smallest absolute Gasteiger partial charge is 0.255 e. The molecule has 7 nitrogen and oxygen atoms in total. The number of hydrogen-bond acceptors (Lipinski definition) is 4. The van der Waals surface area contributed by atoms with Gasteiger partial charge in [0.1, 0.15) is 11.6 Å². The average molecular weight is 500 g/mol. The number of aromatic amines is 1. The van der Waals surface area contributed by atoms with Crippen molar-refractivity contribution in [2.24, 2.45) is 0 Å². The first kappa shape index (κ1) is 23.6. The summed E-state index contributed by atoms with van der Waals surface area (Å²) in [4.78, 5) is 17.9. The Balaban J connectivity index is 1.58. The number of H-pyrrole nitrogens is 1. The molecule has 0 saturated heterocycles. The Morgan fingerprint density at radius 3 is 2.36 bits per heavy atom. The Morgan fingerprint density at radius 2 is 1.72 bits per heavy atom. The first-order valence-electron chi connectivity index (χ1n) is 11.5. The second-order valence-corrected chi connectivity index (χ2v) is 9.99. The van der Waals surface area contributed by atoms with E-state index < -0.39 is 0 Å². The van der Waals surface area contributed by atoms with Crippen molar-refractivity contribution >= 4 is 34.2 Å². The summed E-state index contributed by atoms with van der Waals surface area (Å²) in [5, 5.41) is 11.3. The number of nitrogens with one attached hydrogen (secondary N) is 2. The minimum Gasteiger partial charge on any atom is -0.497 e. The number of methoxy groups -OCH3 is 1. The third-order valence-electron chi connectivity index (χ3n) is 5.97. The SMILES string of the molecule is COc1ccc(NC(=O)c2ccc3c(c2)nc(-c2ccc(Cl)cc2)n3-c2cc(C(C)(C)C)[nH]n2)cc1. The van der Waals surface area contributed by atoms with Crippen molar-refractivity contribution in [2.45, 2.75) is 26.2 Å². The van der Waals surface area contributed by atoms with Gasteiger partial charge < -0.3 is 10.1 Å². The molecule has 0 bridgehead atoms. The van der Waals surface area contributed by atoms with E-state index in [1.165, 1.54) is 0 Å². The summed E-state index contributed by atoms with van der Waals surface area (Å²) in [5.41, 5.74) is 4.52. The number of anilines is 1. The predicted octanol–water partition coefficient (Wildman–Crippen LogP) is 6.63. The topological polar surface area (TPSA) is 84.8 Å². The molecule has 3 aromatic carbocycles. The molecule has 0 aliphatic rings. The van der Waals surface area contributed by atoms with E-state index in [0.717, 1.165) is 28.3 Å². The maximum absolute atomic E-state index is 13.0. The molecule has 0 saturated carbocycles. The lowest BCUT2D eigenvalue weighted by Gasteiger charge is -2.14. The van der Waals surface area contributed by atoms with E-state index in [4.69, 9.17) is 21.3 Å². The van der Waals surface area contributed by atoms with Crippen LogP contribution in [-0.2, 0) is 5.41 Å². The number of halogens is 1. The molecule has 5 rings (SSSR count). The van der Waals surface area contributed by atoms with Gasteiger partial charge in [0, 0.05) is 39.0 Å². The van der Waals surface area contributed by atoms with Crippen molar-refractivity contribution in [1.82, 2.24) is 19.7 Å². The summed E-state index contributed by atoms with van der Waals surface area (Å²) in [6.07, 6.45) is 0. The zero-order valence-electron chi connectivity index (χ0n) is 20.5. The summed E-state index contributed by atoms with van der Waals surface area (Å²) in [6.45, 7) is 6.39. The number of aromatic nitrogens is 4. The maximum Gasteiger partial charge on any atom is 0.255 e. The maximum atomic E-state index is 13.0. The molecule has 0 spiro atoms. The first-order valence-corrected chi connectivity index (χ1v) is 11.9. The molecule has 0 aliphatic carbocycles. The number of rotatable bonds is 5. The van der Waals surface area contributed by atoms with Gasteiger partial charge in [0.2, 0.25) is 0 Å². The number of amides is 1. The van der Waals surface area contributed by atoms with Crippen molar-refractivity contribution < 1.29 is 9.53 Å². The number of carbonyl (C=O) groups is 1. The van der Waals surface area contributed by atoms with Crippen LogP contribution in [0.4, 0.5) is 5.69 Å². The first-order chi connectivity index (χ1) is 17.2. The lowest BCUT2D eigenvalue weighted by Crippen LogP contribution is -2.11. The van der Waals surface area contributed by atoms with Crippen molar-refractivity contribution in [3.05, 3.63) is 89.1 Å². The second kappa shape index (κ2) is 9.17. The molecule has 182 valence electrons. The Labute approximate surface area is 214 Å². The number of ether oxygens (including phenoxy) is 1. The molecular formula is C28H26ClN5O2. The van der Waals surface area contributed by atoms with Crippen molar-refractivity contribution in [1.29, 1.82) is 0 Å². The van der Waals surface area contributed by atoms with Crippen LogP contribution in [0.25, 0.3) is 28.2 Å². The number of benzene rings is 3. The second-order valence-electron chi connectivity index (χ2n) is 9.55. The average Bonchev–Trinajstić information content (AvgIpc) is 3.49. The number of hydrogen-bond donors (Lipinski definition) is 2. The Morgan fingerprint density at radius 1 is 1.00 bits per heavy atom. The fourth-order valence-corrected chi connectivity index (χ4v) is 4.06. The molecule has 0 fully saturated rings. The van der Waals surface area contributed by atoms with Crippen LogP contribution in [-0.4, -0.2) is 32.8 Å². The van der Waals surface area contributed by atoms with E-state index in [2.05, 4.69) is 36.3 Å². The molecule has 36 heavy (non-hydrogen) atoms. The van der Waals surface area contributed by atoms with Gasteiger partial charge in [0.05, 0.1) is 18.1 Å². The molecule has 8 heteroatoms. The van der Waals surface area contributed by atoms with Gasteiger partial charge in [-0.05, 0) is 66.7 Å². The highest BCUT2D eigenvalue weighted by Gasteiger charge is 2.21. The molecule has 0 aliphatic heterocycles. The molecule has 2 N–H and O–H groups in total. The van der Waals surface area contributed by atoms with Gasteiger partial charge in [-0.1, -0.05) is 32.4 Å². The molecular weight excluding hydrogens is 474 g/mol. The Bertz CT molecular complexity index is 1540. The largest absolute Gasteiger partial charge is 0.497 e.